The van der Waals surface area contributed by atoms with E-state index in [1.54, 1.807) is 7.11 Å². The molecular weight excluding hydrogens is 322 g/mol. The van der Waals surface area contributed by atoms with Crippen LogP contribution < -0.4 is 10.1 Å². The Morgan fingerprint density at radius 2 is 1.81 bits per heavy atom. The van der Waals surface area contributed by atoms with Gasteiger partial charge in [0.05, 0.1) is 19.3 Å². The molecule has 26 heavy (non-hydrogen) atoms. The lowest BCUT2D eigenvalue weighted by molar-refractivity contribution is 0.0278. The molecule has 3 heteroatoms. The van der Waals surface area contributed by atoms with Gasteiger partial charge in [-0.3, -0.25) is 0 Å². The molecule has 0 saturated carbocycles. The molecule has 2 heterocycles. The summed E-state index contributed by atoms with van der Waals surface area (Å²) < 4.78 is 11.7. The number of hydrogen-bond donors (Lipinski definition) is 1. The van der Waals surface area contributed by atoms with Gasteiger partial charge in [-0.25, -0.2) is 0 Å². The number of rotatable bonds is 6. The van der Waals surface area contributed by atoms with Crippen LogP contribution in [0.4, 0.5) is 5.69 Å². The van der Waals surface area contributed by atoms with E-state index in [-0.39, 0.29) is 17.7 Å². The normalized spacial score (nSPS) is 24.8. The van der Waals surface area contributed by atoms with Crippen LogP contribution in [0.25, 0.3) is 0 Å². The maximum Gasteiger partial charge on any atom is 0.129 e. The third-order valence-corrected chi connectivity index (χ3v) is 5.68. The molecule has 4 rings (SSSR count). The fourth-order valence-electron chi connectivity index (χ4n) is 3.99. The SMILES string of the molecule is COc1ccc(N[C@H](Cc2ccccc2)C23C=CC(O2)C(C)=C3C)cc1. The van der Waals surface area contributed by atoms with Gasteiger partial charge in [-0.1, -0.05) is 36.4 Å². The predicted octanol–water partition coefficient (Wildman–Crippen LogP) is 4.76. The predicted molar refractivity (Wildman–Crippen MR) is 106 cm³/mol. The average Bonchev–Trinajstić information content (AvgIpc) is 3.22. The van der Waals surface area contributed by atoms with Crippen molar-refractivity contribution < 1.29 is 9.47 Å². The van der Waals surface area contributed by atoms with Crippen molar-refractivity contribution in [2.75, 3.05) is 12.4 Å². The third-order valence-electron chi connectivity index (χ3n) is 5.68. The van der Waals surface area contributed by atoms with E-state index in [4.69, 9.17) is 9.47 Å². The minimum Gasteiger partial charge on any atom is -0.497 e. The first-order valence-corrected chi connectivity index (χ1v) is 9.12. The fourth-order valence-corrected chi connectivity index (χ4v) is 3.99. The van der Waals surface area contributed by atoms with E-state index in [0.29, 0.717) is 0 Å². The molecule has 0 amide bonds. The van der Waals surface area contributed by atoms with Crippen LogP contribution in [0, 0.1) is 0 Å². The van der Waals surface area contributed by atoms with Gasteiger partial charge in [0, 0.05) is 5.69 Å². The van der Waals surface area contributed by atoms with E-state index in [1.165, 1.54) is 16.7 Å². The Bertz CT molecular complexity index is 838. The Morgan fingerprint density at radius 3 is 2.42 bits per heavy atom. The van der Waals surface area contributed by atoms with Crippen molar-refractivity contribution in [3.05, 3.63) is 83.5 Å². The summed E-state index contributed by atoms with van der Waals surface area (Å²) in [5.41, 5.74) is 4.64. The van der Waals surface area contributed by atoms with Crippen LogP contribution in [0.1, 0.15) is 19.4 Å². The topological polar surface area (TPSA) is 30.5 Å². The zero-order chi connectivity index (χ0) is 18.1. The molecule has 0 saturated heterocycles. The highest BCUT2D eigenvalue weighted by Crippen LogP contribution is 2.46. The molecule has 0 aromatic heterocycles. The highest BCUT2D eigenvalue weighted by molar-refractivity contribution is 5.53. The first-order chi connectivity index (χ1) is 12.6. The summed E-state index contributed by atoms with van der Waals surface area (Å²) in [5, 5.41) is 3.72. The summed E-state index contributed by atoms with van der Waals surface area (Å²) in [6.45, 7) is 4.38. The standard InChI is InChI=1S/C23H25NO2/c1-16-17(2)23(14-13-21(16)26-23)22(15-18-7-5-4-6-8-18)24-19-9-11-20(25-3)12-10-19/h4-14,21-22,24H,15H2,1-3H3/t21?,22-,23?/m1/s1. The molecule has 0 radical (unpaired) electrons. The van der Waals surface area contributed by atoms with Crippen molar-refractivity contribution in [3.8, 4) is 5.75 Å². The molecule has 0 aliphatic carbocycles. The van der Waals surface area contributed by atoms with Crippen molar-refractivity contribution in [2.45, 2.75) is 38.0 Å². The Hall–Kier alpha value is -2.52. The molecule has 2 aromatic rings. The molecule has 3 atom stereocenters. The van der Waals surface area contributed by atoms with Gasteiger partial charge in [0.1, 0.15) is 11.4 Å². The van der Waals surface area contributed by atoms with Crippen LogP contribution in [-0.2, 0) is 11.2 Å². The van der Waals surface area contributed by atoms with Gasteiger partial charge in [-0.15, -0.1) is 0 Å². The molecule has 1 N–H and O–H groups in total. The van der Waals surface area contributed by atoms with Crippen molar-refractivity contribution in [1.29, 1.82) is 0 Å². The largest absolute Gasteiger partial charge is 0.497 e. The molecule has 2 bridgehead atoms. The second kappa shape index (κ2) is 6.65. The molecule has 2 unspecified atom stereocenters. The van der Waals surface area contributed by atoms with Crippen molar-refractivity contribution in [2.24, 2.45) is 0 Å². The van der Waals surface area contributed by atoms with E-state index in [0.717, 1.165) is 17.9 Å². The monoisotopic (exact) mass is 347 g/mol. The Kier molecular flexibility index (Phi) is 4.33. The average molecular weight is 347 g/mol. The Morgan fingerprint density at radius 1 is 1.08 bits per heavy atom. The summed E-state index contributed by atoms with van der Waals surface area (Å²) in [4.78, 5) is 0. The molecule has 2 aliphatic heterocycles. The molecule has 134 valence electrons. The number of ether oxygens (including phenoxy) is 2. The Labute approximate surface area is 155 Å². The number of anilines is 1. The minimum atomic E-state index is -0.384. The van der Waals surface area contributed by atoms with Gasteiger partial charge in [0.25, 0.3) is 0 Å². The van der Waals surface area contributed by atoms with Crippen molar-refractivity contribution in [3.63, 3.8) is 0 Å². The molecule has 2 aromatic carbocycles. The summed E-state index contributed by atoms with van der Waals surface area (Å²) in [6.07, 6.45) is 5.43. The van der Waals surface area contributed by atoms with Crippen LogP contribution in [-0.4, -0.2) is 24.9 Å². The number of methoxy groups -OCH3 is 1. The molecule has 2 aliphatic rings. The quantitative estimate of drug-likeness (QED) is 0.764. The smallest absolute Gasteiger partial charge is 0.129 e. The van der Waals surface area contributed by atoms with E-state index < -0.39 is 0 Å². The van der Waals surface area contributed by atoms with Crippen LogP contribution in [0.3, 0.4) is 0 Å². The van der Waals surface area contributed by atoms with Gasteiger partial charge >= 0.3 is 0 Å². The van der Waals surface area contributed by atoms with E-state index in [9.17, 15) is 0 Å². The lowest BCUT2D eigenvalue weighted by Gasteiger charge is -2.36. The van der Waals surface area contributed by atoms with Crippen LogP contribution in [0.5, 0.6) is 5.75 Å². The van der Waals surface area contributed by atoms with Crippen LogP contribution in [0.15, 0.2) is 77.9 Å². The van der Waals surface area contributed by atoms with Gasteiger partial charge in [0.2, 0.25) is 0 Å². The maximum atomic E-state index is 6.46. The number of hydrogen-bond acceptors (Lipinski definition) is 3. The zero-order valence-electron chi connectivity index (χ0n) is 15.5. The second-order valence-corrected chi connectivity index (χ2v) is 7.11. The number of benzene rings is 2. The highest BCUT2D eigenvalue weighted by Gasteiger charge is 2.50. The summed E-state index contributed by atoms with van der Waals surface area (Å²) in [5.74, 6) is 0.859. The van der Waals surface area contributed by atoms with Gasteiger partial charge in [-0.2, -0.15) is 0 Å². The number of nitrogens with one attached hydrogen (secondary N) is 1. The summed E-state index contributed by atoms with van der Waals surface area (Å²) in [7, 11) is 1.69. The van der Waals surface area contributed by atoms with Gasteiger partial charge in [0.15, 0.2) is 0 Å². The minimum absolute atomic E-state index is 0.108. The maximum absolute atomic E-state index is 6.46. The summed E-state index contributed by atoms with van der Waals surface area (Å²) in [6, 6.07) is 18.8. The first kappa shape index (κ1) is 16.9. The Balaban J connectivity index is 1.67. The van der Waals surface area contributed by atoms with Gasteiger partial charge < -0.3 is 14.8 Å². The highest BCUT2D eigenvalue weighted by atomic mass is 16.5. The fraction of sp³-hybridized carbons (Fsp3) is 0.304. The summed E-state index contributed by atoms with van der Waals surface area (Å²) >= 11 is 0. The van der Waals surface area contributed by atoms with Crippen LogP contribution >= 0.6 is 0 Å². The molecule has 3 nitrogen and oxygen atoms in total. The van der Waals surface area contributed by atoms with E-state index >= 15 is 0 Å². The molecular formula is C23H25NO2. The van der Waals surface area contributed by atoms with Gasteiger partial charge in [-0.05, 0) is 67.3 Å². The second-order valence-electron chi connectivity index (χ2n) is 7.11. The lowest BCUT2D eigenvalue weighted by atomic mass is 9.80. The first-order valence-electron chi connectivity index (χ1n) is 9.12. The molecule has 0 spiro atoms. The van der Waals surface area contributed by atoms with Crippen LogP contribution in [0.2, 0.25) is 0 Å². The molecule has 0 fully saturated rings. The zero-order valence-corrected chi connectivity index (χ0v) is 15.5. The van der Waals surface area contributed by atoms with E-state index in [2.05, 4.69) is 73.8 Å². The van der Waals surface area contributed by atoms with Crippen molar-refractivity contribution >= 4 is 5.69 Å². The number of fused-ring (bicyclic) bond motifs is 2. The van der Waals surface area contributed by atoms with E-state index in [1.807, 2.05) is 12.1 Å². The van der Waals surface area contributed by atoms with Crippen molar-refractivity contribution in [1.82, 2.24) is 0 Å². The lowest BCUT2D eigenvalue weighted by Crippen LogP contribution is -2.47. The third kappa shape index (κ3) is 2.82.